The van der Waals surface area contributed by atoms with E-state index in [9.17, 15) is 9.59 Å². The maximum atomic E-state index is 13.1. The highest BCUT2D eigenvalue weighted by Gasteiger charge is 2.20. The second kappa shape index (κ2) is 8.15. The summed E-state index contributed by atoms with van der Waals surface area (Å²) in [7, 11) is 3.43. The van der Waals surface area contributed by atoms with E-state index in [0.29, 0.717) is 27.6 Å². The van der Waals surface area contributed by atoms with Crippen molar-refractivity contribution in [1.29, 1.82) is 0 Å². The monoisotopic (exact) mass is 401 g/mol. The summed E-state index contributed by atoms with van der Waals surface area (Å²) in [6.07, 6.45) is 0. The van der Waals surface area contributed by atoms with Crippen molar-refractivity contribution in [2.24, 2.45) is 0 Å². The van der Waals surface area contributed by atoms with Crippen LogP contribution in [0.15, 0.2) is 58.5 Å². The molecule has 0 unspecified atom stereocenters. The Labute approximate surface area is 167 Å². The number of fused-ring (bicyclic) bond motifs is 1. The molecule has 1 aromatic heterocycles. The van der Waals surface area contributed by atoms with Crippen LogP contribution < -0.4 is 5.56 Å². The number of aromatic nitrogens is 2. The lowest BCUT2D eigenvalue weighted by Crippen LogP contribution is -2.31. The van der Waals surface area contributed by atoms with Crippen LogP contribution in [0.1, 0.15) is 12.5 Å². The van der Waals surface area contributed by atoms with Crippen LogP contribution in [-0.2, 0) is 11.3 Å². The van der Waals surface area contributed by atoms with Crippen LogP contribution in [0.5, 0.6) is 0 Å². The summed E-state index contributed by atoms with van der Waals surface area (Å²) < 4.78 is 1.62. The summed E-state index contributed by atoms with van der Waals surface area (Å²) in [6, 6.07) is 14.6. The van der Waals surface area contributed by atoms with Crippen molar-refractivity contribution in [3.8, 4) is 0 Å². The zero-order valence-corrected chi connectivity index (χ0v) is 16.9. The molecule has 7 heteroatoms. The zero-order valence-electron chi connectivity index (χ0n) is 15.3. The predicted molar refractivity (Wildman–Crippen MR) is 111 cm³/mol. The summed E-state index contributed by atoms with van der Waals surface area (Å²) >= 11 is 7.25. The summed E-state index contributed by atoms with van der Waals surface area (Å²) in [6.45, 7) is 2.18. The highest BCUT2D eigenvalue weighted by Crippen LogP contribution is 2.24. The topological polar surface area (TPSA) is 55.2 Å². The minimum absolute atomic E-state index is 0.0274. The second-order valence-electron chi connectivity index (χ2n) is 6.42. The van der Waals surface area contributed by atoms with E-state index in [-0.39, 0.29) is 16.7 Å². The fourth-order valence-corrected chi connectivity index (χ4v) is 3.90. The van der Waals surface area contributed by atoms with E-state index in [2.05, 4.69) is 4.98 Å². The maximum absolute atomic E-state index is 13.1. The minimum atomic E-state index is -0.357. The number of para-hydroxylation sites is 1. The average Bonchev–Trinajstić information content (AvgIpc) is 2.65. The molecule has 3 rings (SSSR count). The molecule has 0 fully saturated rings. The Bertz CT molecular complexity index is 1030. The van der Waals surface area contributed by atoms with Gasteiger partial charge in [-0.05, 0) is 36.8 Å². The van der Waals surface area contributed by atoms with Crippen LogP contribution in [0.25, 0.3) is 10.9 Å². The van der Waals surface area contributed by atoms with E-state index in [1.807, 2.05) is 37.3 Å². The molecule has 1 amide bonds. The van der Waals surface area contributed by atoms with Crippen LogP contribution in [0.3, 0.4) is 0 Å². The Morgan fingerprint density at radius 1 is 1.19 bits per heavy atom. The van der Waals surface area contributed by atoms with Crippen LogP contribution in [0.4, 0.5) is 0 Å². The average molecular weight is 402 g/mol. The van der Waals surface area contributed by atoms with E-state index in [1.165, 1.54) is 11.8 Å². The van der Waals surface area contributed by atoms with Crippen LogP contribution >= 0.6 is 23.4 Å². The van der Waals surface area contributed by atoms with Crippen molar-refractivity contribution in [2.75, 3.05) is 14.1 Å². The smallest absolute Gasteiger partial charge is 0.262 e. The van der Waals surface area contributed by atoms with Gasteiger partial charge in [-0.15, -0.1) is 0 Å². The minimum Gasteiger partial charge on any atom is -0.348 e. The van der Waals surface area contributed by atoms with Gasteiger partial charge in [-0.2, -0.15) is 0 Å². The molecular weight excluding hydrogens is 382 g/mol. The molecule has 3 aromatic rings. The first kappa shape index (κ1) is 19.5. The molecule has 27 heavy (non-hydrogen) atoms. The van der Waals surface area contributed by atoms with Crippen molar-refractivity contribution >= 4 is 40.2 Å². The highest BCUT2D eigenvalue weighted by atomic mass is 35.5. The largest absolute Gasteiger partial charge is 0.348 e. The van der Waals surface area contributed by atoms with E-state index < -0.39 is 0 Å². The number of nitrogens with zero attached hydrogens (tertiary/aromatic N) is 3. The molecule has 0 spiro atoms. The number of halogens is 1. The molecule has 1 heterocycles. The molecule has 0 saturated heterocycles. The Kier molecular flexibility index (Phi) is 5.87. The van der Waals surface area contributed by atoms with E-state index in [4.69, 9.17) is 11.6 Å². The lowest BCUT2D eigenvalue weighted by molar-refractivity contribution is -0.127. The van der Waals surface area contributed by atoms with E-state index in [1.54, 1.807) is 41.8 Å². The molecular formula is C20H20ClN3O2S. The Morgan fingerprint density at radius 3 is 2.52 bits per heavy atom. The van der Waals surface area contributed by atoms with Gasteiger partial charge < -0.3 is 4.90 Å². The van der Waals surface area contributed by atoms with Gasteiger partial charge >= 0.3 is 0 Å². The van der Waals surface area contributed by atoms with Crippen LogP contribution in [0, 0.1) is 0 Å². The SMILES string of the molecule is C[C@H](Sc1nc2ccccc2c(=O)n1Cc1ccc(Cl)cc1)C(=O)N(C)C. The van der Waals surface area contributed by atoms with Gasteiger partial charge in [0.2, 0.25) is 5.91 Å². The Balaban J connectivity index is 2.08. The number of carbonyl (C=O) groups is 1. The third-order valence-electron chi connectivity index (χ3n) is 4.15. The fourth-order valence-electron chi connectivity index (χ4n) is 2.72. The first-order chi connectivity index (χ1) is 12.9. The maximum Gasteiger partial charge on any atom is 0.262 e. The van der Waals surface area contributed by atoms with Gasteiger partial charge in [-0.25, -0.2) is 4.98 Å². The number of benzene rings is 2. The molecule has 140 valence electrons. The quantitative estimate of drug-likeness (QED) is 0.483. The van der Waals surface area contributed by atoms with Crippen molar-refractivity contribution in [2.45, 2.75) is 23.9 Å². The summed E-state index contributed by atoms with van der Waals surface area (Å²) in [4.78, 5) is 31.6. The Morgan fingerprint density at radius 2 is 1.85 bits per heavy atom. The zero-order chi connectivity index (χ0) is 19.6. The molecule has 0 saturated carbocycles. The number of thioether (sulfide) groups is 1. The van der Waals surface area contributed by atoms with Crippen molar-refractivity contribution in [1.82, 2.24) is 14.5 Å². The molecule has 0 aliphatic rings. The molecule has 2 aromatic carbocycles. The van der Waals surface area contributed by atoms with Crippen LogP contribution in [0.2, 0.25) is 5.02 Å². The standard InChI is InChI=1S/C20H20ClN3O2S/c1-13(18(25)23(2)3)27-20-22-17-7-5-4-6-16(17)19(26)24(20)12-14-8-10-15(21)11-9-14/h4-11,13H,12H2,1-3H3/t13-/m0/s1. The highest BCUT2D eigenvalue weighted by molar-refractivity contribution is 8.00. The van der Waals surface area contributed by atoms with Crippen molar-refractivity contribution in [3.05, 3.63) is 69.5 Å². The van der Waals surface area contributed by atoms with Gasteiger partial charge in [-0.3, -0.25) is 14.2 Å². The first-order valence-electron chi connectivity index (χ1n) is 8.48. The normalized spacial score (nSPS) is 12.1. The molecule has 0 bridgehead atoms. The number of amides is 1. The molecule has 0 aliphatic carbocycles. The number of carbonyl (C=O) groups excluding carboxylic acids is 1. The van der Waals surface area contributed by atoms with Gasteiger partial charge in [0.25, 0.3) is 5.56 Å². The Hall–Kier alpha value is -2.31. The predicted octanol–water partition coefficient (Wildman–Crippen LogP) is 3.67. The van der Waals surface area contributed by atoms with Gasteiger partial charge in [-0.1, -0.05) is 47.6 Å². The lowest BCUT2D eigenvalue weighted by Gasteiger charge is -2.18. The third kappa shape index (κ3) is 4.34. The van der Waals surface area contributed by atoms with Crippen LogP contribution in [-0.4, -0.2) is 39.7 Å². The third-order valence-corrected chi connectivity index (χ3v) is 5.48. The number of rotatable bonds is 5. The molecule has 5 nitrogen and oxygen atoms in total. The summed E-state index contributed by atoms with van der Waals surface area (Å²) in [5.41, 5.74) is 1.44. The van der Waals surface area contributed by atoms with Gasteiger partial charge in [0, 0.05) is 19.1 Å². The number of hydrogen-bond donors (Lipinski definition) is 0. The van der Waals surface area contributed by atoms with Crippen molar-refractivity contribution < 1.29 is 4.79 Å². The van der Waals surface area contributed by atoms with Gasteiger partial charge in [0.1, 0.15) is 0 Å². The summed E-state index contributed by atoms with van der Waals surface area (Å²) in [5, 5.41) is 1.37. The lowest BCUT2D eigenvalue weighted by atomic mass is 10.2. The van der Waals surface area contributed by atoms with E-state index in [0.717, 1.165) is 5.56 Å². The fraction of sp³-hybridized carbons (Fsp3) is 0.250. The van der Waals surface area contributed by atoms with E-state index >= 15 is 0 Å². The van der Waals surface area contributed by atoms with Gasteiger partial charge in [0.15, 0.2) is 5.16 Å². The van der Waals surface area contributed by atoms with Gasteiger partial charge in [0.05, 0.1) is 22.7 Å². The molecule has 1 atom stereocenters. The molecule has 0 aliphatic heterocycles. The first-order valence-corrected chi connectivity index (χ1v) is 9.74. The second-order valence-corrected chi connectivity index (χ2v) is 8.17. The molecule has 0 N–H and O–H groups in total. The summed E-state index contributed by atoms with van der Waals surface area (Å²) in [5.74, 6) is -0.0274. The number of hydrogen-bond acceptors (Lipinski definition) is 4. The molecule has 0 radical (unpaired) electrons. The van der Waals surface area contributed by atoms with Crippen molar-refractivity contribution in [3.63, 3.8) is 0 Å².